The number of ketones is 1. The van der Waals surface area contributed by atoms with Crippen LogP contribution in [0, 0.1) is 11.4 Å². The fourth-order valence-corrected chi connectivity index (χ4v) is 6.18. The lowest BCUT2D eigenvalue weighted by Gasteiger charge is -2.28. The summed E-state index contributed by atoms with van der Waals surface area (Å²) in [5.74, 6) is -0.762. The van der Waals surface area contributed by atoms with Crippen LogP contribution in [0.25, 0.3) is 11.3 Å². The molecule has 38 heavy (non-hydrogen) atoms. The first-order valence-corrected chi connectivity index (χ1v) is 13.9. The van der Waals surface area contributed by atoms with Crippen molar-refractivity contribution in [1.82, 2.24) is 20.5 Å². The molecule has 1 aromatic carbocycles. The number of carbonyl (C=O) groups excluding carboxylic acids is 3. The molecule has 3 saturated heterocycles. The summed E-state index contributed by atoms with van der Waals surface area (Å²) in [6, 6.07) is 5.07. The Kier molecular flexibility index (Phi) is 7.82. The zero-order chi connectivity index (χ0) is 26.8. The first-order chi connectivity index (χ1) is 18.4. The monoisotopic (exact) mass is 539 g/mol. The lowest BCUT2D eigenvalue weighted by Crippen LogP contribution is -2.52. The van der Waals surface area contributed by atoms with Crippen LogP contribution in [0.3, 0.4) is 0 Å². The molecule has 3 aliphatic rings. The molecular weight excluding hydrogens is 506 g/mol. The van der Waals surface area contributed by atoms with Gasteiger partial charge in [-0.1, -0.05) is 26.0 Å². The van der Waals surface area contributed by atoms with Crippen molar-refractivity contribution in [2.45, 2.75) is 44.5 Å². The average Bonchev–Trinajstić information content (AvgIpc) is 3.65. The van der Waals surface area contributed by atoms with Crippen molar-refractivity contribution in [1.29, 1.82) is 5.53 Å². The quantitative estimate of drug-likeness (QED) is 0.436. The predicted octanol–water partition coefficient (Wildman–Crippen LogP) is 1.94. The van der Waals surface area contributed by atoms with Crippen molar-refractivity contribution in [3.63, 3.8) is 0 Å². The number of benzene rings is 1. The molecule has 0 bridgehead atoms. The smallest absolute Gasteiger partial charge is 0.251 e. The Morgan fingerprint density at radius 3 is 2.68 bits per heavy atom. The molecule has 0 aliphatic carbocycles. The molecule has 4 atom stereocenters. The number of nitrogens with one attached hydrogen (secondary N) is 3. The zero-order valence-electron chi connectivity index (χ0n) is 21.6. The molecule has 11 nitrogen and oxygen atoms in total. The van der Waals surface area contributed by atoms with E-state index in [0.717, 1.165) is 42.6 Å². The van der Waals surface area contributed by atoms with Crippen molar-refractivity contribution < 1.29 is 19.1 Å². The number of fused-ring (bicyclic) bond motifs is 1. The number of ether oxygens (including phenoxy) is 1. The molecule has 2 aromatic rings. The number of amides is 2. The number of likely N-dealkylation sites (tertiary alicyclic amines) is 1. The molecule has 0 saturated carbocycles. The molecule has 1 aromatic heterocycles. The fraction of sp³-hybridized carbons (Fsp3) is 0.538. The van der Waals surface area contributed by atoms with Crippen LogP contribution in [-0.2, 0) is 14.3 Å². The van der Waals surface area contributed by atoms with Crippen molar-refractivity contribution in [2.75, 3.05) is 44.2 Å². The highest BCUT2D eigenvalue weighted by atomic mass is 32.1. The fourth-order valence-electron chi connectivity index (χ4n) is 5.30. The Morgan fingerprint density at radius 1 is 1.26 bits per heavy atom. The zero-order valence-corrected chi connectivity index (χ0v) is 22.4. The summed E-state index contributed by atoms with van der Waals surface area (Å²) < 4.78 is 5.51. The van der Waals surface area contributed by atoms with E-state index in [0.29, 0.717) is 12.0 Å². The number of hydrogen-bond donors (Lipinski definition) is 3. The minimum atomic E-state index is -0.805. The highest BCUT2D eigenvalue weighted by Crippen LogP contribution is 2.31. The van der Waals surface area contributed by atoms with Gasteiger partial charge >= 0.3 is 0 Å². The third kappa shape index (κ3) is 5.33. The molecule has 2 unspecified atom stereocenters. The second-order valence-corrected chi connectivity index (χ2v) is 11.2. The number of thiazole rings is 1. The number of aromatic nitrogens is 1. The van der Waals surface area contributed by atoms with Gasteiger partial charge in [-0.3, -0.25) is 14.4 Å². The van der Waals surface area contributed by atoms with Crippen LogP contribution in [0.5, 0.6) is 0 Å². The summed E-state index contributed by atoms with van der Waals surface area (Å²) >= 11 is 1.61. The van der Waals surface area contributed by atoms with Crippen LogP contribution in [-0.4, -0.2) is 91.0 Å². The first kappa shape index (κ1) is 26.4. The van der Waals surface area contributed by atoms with Gasteiger partial charge in [-0.2, -0.15) is 5.11 Å². The number of Topliss-reactive ketones (excluding diaryl/α,β-unsaturated/α-hetero) is 1. The van der Waals surface area contributed by atoms with Crippen LogP contribution in [0.15, 0.2) is 34.8 Å². The third-order valence-corrected chi connectivity index (χ3v) is 8.14. The topological polar surface area (TPSA) is 140 Å². The summed E-state index contributed by atoms with van der Waals surface area (Å²) in [5, 5.41) is 12.8. The summed E-state index contributed by atoms with van der Waals surface area (Å²) in [5.41, 5.74) is 9.66. The van der Waals surface area contributed by atoms with Gasteiger partial charge in [0.15, 0.2) is 10.9 Å². The summed E-state index contributed by atoms with van der Waals surface area (Å²) in [6.45, 7) is 7.75. The standard InChI is InChI=1S/C26H33N7O4S/c1-15(2)11-18(25(36)33-12-19(31-27)23-22(33)21(34)13-37-23)29-24(35)17-5-3-16(4-6-17)20-14-38-26(30-20)32-9-7-28-8-10-32/h3-6,14-15,18-19,22-23,27-28H,7-13H2,1-2H3,(H,29,35)/t18-,19+,22?,23?/m0/s1. The van der Waals surface area contributed by atoms with E-state index in [1.54, 1.807) is 23.5 Å². The molecule has 4 heterocycles. The molecule has 5 rings (SSSR count). The van der Waals surface area contributed by atoms with Gasteiger partial charge in [0.25, 0.3) is 5.91 Å². The Labute approximate surface area is 225 Å². The van der Waals surface area contributed by atoms with E-state index in [4.69, 9.17) is 15.3 Å². The Morgan fingerprint density at radius 2 is 2.00 bits per heavy atom. The second kappa shape index (κ2) is 11.3. The van der Waals surface area contributed by atoms with Crippen LogP contribution in [0.1, 0.15) is 30.6 Å². The highest BCUT2D eigenvalue weighted by molar-refractivity contribution is 7.14. The Balaban J connectivity index is 1.27. The van der Waals surface area contributed by atoms with E-state index in [9.17, 15) is 14.4 Å². The van der Waals surface area contributed by atoms with Gasteiger partial charge in [-0.05, 0) is 24.5 Å². The van der Waals surface area contributed by atoms with Crippen LogP contribution >= 0.6 is 11.3 Å². The maximum atomic E-state index is 13.6. The van der Waals surface area contributed by atoms with Crippen LogP contribution in [0.4, 0.5) is 5.13 Å². The first-order valence-electron chi connectivity index (χ1n) is 13.0. The van der Waals surface area contributed by atoms with E-state index in [-0.39, 0.29) is 36.7 Å². The second-order valence-electron chi connectivity index (χ2n) is 10.4. The minimum absolute atomic E-state index is 0.0889. The highest BCUT2D eigenvalue weighted by Gasteiger charge is 2.53. The van der Waals surface area contributed by atoms with Crippen molar-refractivity contribution in [3.05, 3.63) is 35.2 Å². The molecule has 202 valence electrons. The largest absolute Gasteiger partial charge is 0.365 e. The van der Waals surface area contributed by atoms with E-state index >= 15 is 0 Å². The molecule has 0 radical (unpaired) electrons. The number of anilines is 1. The molecular formula is C26H33N7O4S. The lowest BCUT2D eigenvalue weighted by atomic mass is 10.0. The average molecular weight is 540 g/mol. The number of carbonyl (C=O) groups is 3. The van der Waals surface area contributed by atoms with Crippen LogP contribution < -0.4 is 15.5 Å². The maximum absolute atomic E-state index is 13.6. The summed E-state index contributed by atoms with van der Waals surface area (Å²) in [6.07, 6.45) is -0.174. The number of hydrogen-bond acceptors (Lipinski definition) is 10. The summed E-state index contributed by atoms with van der Waals surface area (Å²) in [4.78, 5) is 47.7. The number of nitrogens with zero attached hydrogens (tertiary/aromatic N) is 4. The van der Waals surface area contributed by atoms with E-state index in [1.807, 2.05) is 31.4 Å². The Hall–Kier alpha value is -3.22. The van der Waals surface area contributed by atoms with Crippen molar-refractivity contribution in [2.24, 2.45) is 11.0 Å². The maximum Gasteiger partial charge on any atom is 0.251 e. The van der Waals surface area contributed by atoms with Gasteiger partial charge in [0.1, 0.15) is 30.8 Å². The van der Waals surface area contributed by atoms with Crippen LogP contribution in [0.2, 0.25) is 0 Å². The molecule has 12 heteroatoms. The molecule has 2 amide bonds. The van der Waals surface area contributed by atoms with Gasteiger partial charge in [0.2, 0.25) is 5.91 Å². The molecule has 0 spiro atoms. The Bertz CT molecular complexity index is 1190. The molecule has 3 fully saturated rings. The van der Waals surface area contributed by atoms with Crippen molar-refractivity contribution >= 4 is 34.1 Å². The summed E-state index contributed by atoms with van der Waals surface area (Å²) in [7, 11) is 0. The van der Waals surface area contributed by atoms with E-state index < -0.39 is 24.2 Å². The normalized spacial score (nSPS) is 24.0. The van der Waals surface area contributed by atoms with Gasteiger partial charge < -0.3 is 25.2 Å². The van der Waals surface area contributed by atoms with Gasteiger partial charge in [-0.15, -0.1) is 11.3 Å². The van der Waals surface area contributed by atoms with Gasteiger partial charge in [0, 0.05) is 49.2 Å². The predicted molar refractivity (Wildman–Crippen MR) is 143 cm³/mol. The third-order valence-electron chi connectivity index (χ3n) is 7.24. The van der Waals surface area contributed by atoms with Crippen molar-refractivity contribution in [3.8, 4) is 11.3 Å². The van der Waals surface area contributed by atoms with E-state index in [2.05, 4.69) is 20.6 Å². The number of piperazine rings is 1. The lowest BCUT2D eigenvalue weighted by molar-refractivity contribution is -0.138. The number of rotatable bonds is 8. The molecule has 3 N–H and O–H groups in total. The van der Waals surface area contributed by atoms with Gasteiger partial charge in [-0.25, -0.2) is 10.5 Å². The van der Waals surface area contributed by atoms with Gasteiger partial charge in [0.05, 0.1) is 5.69 Å². The van der Waals surface area contributed by atoms with E-state index in [1.165, 1.54) is 4.90 Å². The SMILES string of the molecule is CC(C)C[C@H](NC(=O)c1ccc(-c2csc(N3CCNCC3)n2)cc1)C(=O)N1C[C@@H](N=N)C2OCC(=O)C21. The minimum Gasteiger partial charge on any atom is -0.365 e. The molecule has 3 aliphatic heterocycles.